The van der Waals surface area contributed by atoms with E-state index in [0.717, 1.165) is 9.34 Å². The smallest absolute Gasteiger partial charge is 0.151 e. The van der Waals surface area contributed by atoms with Gasteiger partial charge in [0.15, 0.2) is 4.34 Å². The highest BCUT2D eigenvalue weighted by atomic mass is 32.2. The molecule has 0 aliphatic carbocycles. The van der Waals surface area contributed by atoms with E-state index in [2.05, 4.69) is 4.98 Å². The summed E-state index contributed by atoms with van der Waals surface area (Å²) in [5, 5.41) is 0.786. The van der Waals surface area contributed by atoms with Crippen LogP contribution in [0.25, 0.3) is 0 Å². The Kier molecular flexibility index (Phi) is 1.75. The molecule has 0 radical (unpaired) electrons. The molecule has 0 saturated heterocycles. The Morgan fingerprint density at radius 2 is 2.62 bits per heavy atom. The molecule has 0 fully saturated rings. The lowest BCUT2D eigenvalue weighted by molar-refractivity contribution is 1.26. The Hall–Kier alpha value is -0.220. The van der Waals surface area contributed by atoms with Gasteiger partial charge in [-0.15, -0.1) is 0 Å². The first-order chi connectivity index (χ1) is 3.83. The Morgan fingerprint density at radius 3 is 2.88 bits per heavy atom. The highest BCUT2D eigenvalue weighted by Crippen LogP contribution is 2.22. The lowest BCUT2D eigenvalue weighted by atomic mass is 10.9. The maximum atomic E-state index is 5.40. The van der Waals surface area contributed by atoms with Crippen LogP contribution in [0.15, 0.2) is 10.5 Å². The molecule has 0 saturated carbocycles. The van der Waals surface area contributed by atoms with E-state index >= 15 is 0 Å². The topological polar surface area (TPSA) is 38.9 Å². The number of hydrogen-bond acceptors (Lipinski definition) is 4. The zero-order chi connectivity index (χ0) is 5.98. The number of nitrogen functional groups attached to an aromatic ring is 1. The summed E-state index contributed by atoms with van der Waals surface area (Å²) in [6, 6.07) is 0. The Morgan fingerprint density at radius 1 is 1.88 bits per heavy atom. The second-order valence-corrected chi connectivity index (χ2v) is 3.35. The first-order valence-corrected chi connectivity index (χ1v) is 4.12. The van der Waals surface area contributed by atoms with Gasteiger partial charge < -0.3 is 5.73 Å². The van der Waals surface area contributed by atoms with Crippen molar-refractivity contribution in [2.75, 3.05) is 12.0 Å². The van der Waals surface area contributed by atoms with Crippen LogP contribution in [-0.4, -0.2) is 11.2 Å². The average Bonchev–Trinajstić information content (AvgIpc) is 2.14. The highest BCUT2D eigenvalue weighted by Gasteiger charge is 1.92. The van der Waals surface area contributed by atoms with E-state index < -0.39 is 0 Å². The number of nitrogens with zero attached hydrogens (tertiary/aromatic N) is 1. The first kappa shape index (κ1) is 5.91. The van der Waals surface area contributed by atoms with Crippen molar-refractivity contribution in [2.24, 2.45) is 0 Å². The van der Waals surface area contributed by atoms with Crippen LogP contribution >= 0.6 is 23.1 Å². The van der Waals surface area contributed by atoms with Crippen LogP contribution in [0.5, 0.6) is 0 Å². The molecule has 0 aromatic carbocycles. The third-order valence-electron chi connectivity index (χ3n) is 0.677. The predicted octanol–water partition coefficient (Wildman–Crippen LogP) is 1.45. The summed E-state index contributed by atoms with van der Waals surface area (Å²) in [6.45, 7) is 0. The molecular weight excluding hydrogens is 140 g/mol. The average molecular weight is 146 g/mol. The molecule has 1 aromatic rings. The third kappa shape index (κ3) is 1.14. The minimum atomic E-state index is 0.786. The zero-order valence-electron chi connectivity index (χ0n) is 4.42. The summed E-state index contributed by atoms with van der Waals surface area (Å²) in [4.78, 5) is 3.99. The Balaban J connectivity index is 2.84. The van der Waals surface area contributed by atoms with Gasteiger partial charge in [-0.2, -0.15) is 0 Å². The van der Waals surface area contributed by atoms with Crippen LogP contribution in [0.2, 0.25) is 0 Å². The van der Waals surface area contributed by atoms with Crippen molar-refractivity contribution in [3.05, 3.63) is 6.20 Å². The van der Waals surface area contributed by atoms with Gasteiger partial charge in [0.25, 0.3) is 0 Å². The van der Waals surface area contributed by atoms with Crippen LogP contribution in [0.4, 0.5) is 5.00 Å². The normalized spacial score (nSPS) is 9.62. The molecule has 1 heterocycles. The van der Waals surface area contributed by atoms with Gasteiger partial charge in [-0.05, 0) is 6.26 Å². The van der Waals surface area contributed by atoms with E-state index in [0.29, 0.717) is 0 Å². The van der Waals surface area contributed by atoms with Gasteiger partial charge in [0, 0.05) is 0 Å². The molecule has 0 aliphatic rings. The summed E-state index contributed by atoms with van der Waals surface area (Å²) in [5.41, 5.74) is 5.40. The molecule has 0 unspecified atom stereocenters. The van der Waals surface area contributed by atoms with Gasteiger partial charge in [0.2, 0.25) is 0 Å². The second-order valence-electron chi connectivity index (χ2n) is 1.23. The number of aromatic nitrogens is 1. The fourth-order valence-corrected chi connectivity index (χ4v) is 1.56. The first-order valence-electron chi connectivity index (χ1n) is 2.08. The molecule has 44 valence electrons. The van der Waals surface area contributed by atoms with Crippen molar-refractivity contribution in [1.82, 2.24) is 4.98 Å². The van der Waals surface area contributed by atoms with Crippen LogP contribution in [0.1, 0.15) is 0 Å². The third-order valence-corrected chi connectivity index (χ3v) is 2.50. The van der Waals surface area contributed by atoms with Gasteiger partial charge in [0.1, 0.15) is 5.00 Å². The maximum absolute atomic E-state index is 5.40. The monoisotopic (exact) mass is 146 g/mol. The van der Waals surface area contributed by atoms with Gasteiger partial charge in [-0.25, -0.2) is 4.98 Å². The fraction of sp³-hybridized carbons (Fsp3) is 0.250. The summed E-state index contributed by atoms with van der Waals surface area (Å²) < 4.78 is 1.03. The lowest BCUT2D eigenvalue weighted by Gasteiger charge is -1.78. The molecular formula is C4H6N2S2. The van der Waals surface area contributed by atoms with Crippen LogP contribution in [0.3, 0.4) is 0 Å². The van der Waals surface area contributed by atoms with Crippen molar-refractivity contribution in [1.29, 1.82) is 0 Å². The number of rotatable bonds is 1. The van der Waals surface area contributed by atoms with E-state index in [1.807, 2.05) is 6.26 Å². The summed E-state index contributed by atoms with van der Waals surface area (Å²) in [5.74, 6) is 0. The highest BCUT2D eigenvalue weighted by molar-refractivity contribution is 8.00. The van der Waals surface area contributed by atoms with Gasteiger partial charge in [-0.3, -0.25) is 0 Å². The van der Waals surface area contributed by atoms with E-state index in [4.69, 9.17) is 5.73 Å². The maximum Gasteiger partial charge on any atom is 0.151 e. The molecule has 0 aliphatic heterocycles. The number of thioether (sulfide) groups is 1. The number of anilines is 1. The minimum Gasteiger partial charge on any atom is -0.389 e. The zero-order valence-corrected chi connectivity index (χ0v) is 6.05. The number of nitrogens with two attached hydrogens (primary N) is 1. The largest absolute Gasteiger partial charge is 0.389 e. The summed E-state index contributed by atoms with van der Waals surface area (Å²) >= 11 is 3.13. The molecule has 0 amide bonds. The van der Waals surface area contributed by atoms with Crippen molar-refractivity contribution in [2.45, 2.75) is 4.34 Å². The SMILES string of the molecule is CSc1ncc(N)s1. The minimum absolute atomic E-state index is 0.786. The molecule has 0 atom stereocenters. The van der Waals surface area contributed by atoms with Gasteiger partial charge in [-0.1, -0.05) is 23.1 Å². The molecule has 1 rings (SSSR count). The molecule has 4 heteroatoms. The van der Waals surface area contributed by atoms with Crippen molar-refractivity contribution < 1.29 is 0 Å². The number of thiazole rings is 1. The Bertz CT molecular complexity index is 172. The molecule has 2 N–H and O–H groups in total. The second kappa shape index (κ2) is 2.37. The van der Waals surface area contributed by atoms with Crippen LogP contribution in [-0.2, 0) is 0 Å². The van der Waals surface area contributed by atoms with Crippen LogP contribution < -0.4 is 5.73 Å². The van der Waals surface area contributed by atoms with Gasteiger partial charge in [0.05, 0.1) is 6.20 Å². The molecule has 1 aromatic heterocycles. The molecule has 8 heavy (non-hydrogen) atoms. The van der Waals surface area contributed by atoms with Gasteiger partial charge >= 0.3 is 0 Å². The van der Waals surface area contributed by atoms with E-state index in [1.54, 1.807) is 18.0 Å². The standard InChI is InChI=1S/C4H6N2S2/c1-7-4-6-2-3(5)8-4/h2H,5H2,1H3. The quantitative estimate of drug-likeness (QED) is 0.609. The lowest BCUT2D eigenvalue weighted by Crippen LogP contribution is -1.73. The van der Waals surface area contributed by atoms with Crippen molar-refractivity contribution in [3.63, 3.8) is 0 Å². The van der Waals surface area contributed by atoms with E-state index in [1.165, 1.54) is 11.3 Å². The Labute approximate surface area is 56.1 Å². The molecule has 0 bridgehead atoms. The van der Waals surface area contributed by atoms with Crippen molar-refractivity contribution in [3.8, 4) is 0 Å². The molecule has 0 spiro atoms. The van der Waals surface area contributed by atoms with Crippen LogP contribution in [0, 0.1) is 0 Å². The molecule has 2 nitrogen and oxygen atoms in total. The van der Waals surface area contributed by atoms with E-state index in [-0.39, 0.29) is 0 Å². The summed E-state index contributed by atoms with van der Waals surface area (Å²) in [6.07, 6.45) is 3.66. The summed E-state index contributed by atoms with van der Waals surface area (Å²) in [7, 11) is 0. The predicted molar refractivity (Wildman–Crippen MR) is 38.3 cm³/mol. The van der Waals surface area contributed by atoms with Crippen molar-refractivity contribution >= 4 is 28.1 Å². The van der Waals surface area contributed by atoms with E-state index in [9.17, 15) is 0 Å². The number of hydrogen-bond donors (Lipinski definition) is 1. The fourth-order valence-electron chi connectivity index (χ4n) is 0.364.